The first-order valence-electron chi connectivity index (χ1n) is 11.2. The Morgan fingerprint density at radius 3 is 2.48 bits per heavy atom. The van der Waals surface area contributed by atoms with Gasteiger partial charge in [0, 0.05) is 57.1 Å². The Morgan fingerprint density at radius 2 is 1.94 bits per heavy atom. The fourth-order valence-electron chi connectivity index (χ4n) is 3.67. The Kier molecular flexibility index (Phi) is 8.74. The molecule has 0 radical (unpaired) electrons. The number of amides is 3. The van der Waals surface area contributed by atoms with Crippen LogP contribution in [-0.2, 0) is 16.1 Å². The molecule has 1 fully saturated rings. The van der Waals surface area contributed by atoms with Gasteiger partial charge in [-0.15, -0.1) is 0 Å². The van der Waals surface area contributed by atoms with E-state index in [9.17, 15) is 9.59 Å². The number of benzene rings is 1. The highest BCUT2D eigenvalue weighted by Gasteiger charge is 2.26. The van der Waals surface area contributed by atoms with Gasteiger partial charge in [-0.3, -0.25) is 4.79 Å². The molecule has 174 valence electrons. The lowest BCUT2D eigenvalue weighted by Crippen LogP contribution is -2.50. The topological polar surface area (TPSA) is 73.9 Å². The highest BCUT2D eigenvalue weighted by molar-refractivity contribution is 5.91. The smallest absolute Gasteiger partial charge is 0.318 e. The van der Waals surface area contributed by atoms with Crippen LogP contribution in [-0.4, -0.2) is 55.7 Å². The van der Waals surface area contributed by atoms with Gasteiger partial charge in [0.05, 0.1) is 6.10 Å². The number of carbonyl (C=O) groups is 2. The molecule has 0 unspecified atom stereocenters. The summed E-state index contributed by atoms with van der Waals surface area (Å²) in [5, 5.41) is 6.07. The second kappa shape index (κ2) is 10.8. The van der Waals surface area contributed by atoms with Crippen LogP contribution in [0.1, 0.15) is 59.4 Å². The van der Waals surface area contributed by atoms with E-state index >= 15 is 0 Å². The maximum absolute atomic E-state index is 13.1. The van der Waals surface area contributed by atoms with Crippen LogP contribution in [0.4, 0.5) is 16.2 Å². The van der Waals surface area contributed by atoms with Gasteiger partial charge >= 0.3 is 6.03 Å². The average molecular weight is 433 g/mol. The van der Waals surface area contributed by atoms with Crippen molar-refractivity contribution in [2.45, 2.75) is 72.1 Å². The van der Waals surface area contributed by atoms with Crippen LogP contribution in [0.2, 0.25) is 0 Å². The van der Waals surface area contributed by atoms with E-state index in [1.54, 1.807) is 0 Å². The van der Waals surface area contributed by atoms with E-state index in [-0.39, 0.29) is 23.6 Å². The monoisotopic (exact) mass is 432 g/mol. The van der Waals surface area contributed by atoms with Crippen molar-refractivity contribution >= 4 is 23.3 Å². The summed E-state index contributed by atoms with van der Waals surface area (Å²) in [6.45, 7) is 11.7. The van der Waals surface area contributed by atoms with Crippen LogP contribution >= 0.6 is 0 Å². The van der Waals surface area contributed by atoms with E-state index in [0.29, 0.717) is 25.4 Å². The summed E-state index contributed by atoms with van der Waals surface area (Å²) in [4.78, 5) is 29.2. The van der Waals surface area contributed by atoms with Crippen LogP contribution in [0, 0.1) is 5.92 Å². The molecule has 2 N–H and O–H groups in total. The van der Waals surface area contributed by atoms with Crippen molar-refractivity contribution in [3.05, 3.63) is 23.8 Å². The van der Waals surface area contributed by atoms with E-state index in [4.69, 9.17) is 4.74 Å². The summed E-state index contributed by atoms with van der Waals surface area (Å²) < 4.78 is 5.80. The molecular formula is C24H40N4O3. The number of nitrogens with zero attached hydrogens (tertiary/aromatic N) is 2. The van der Waals surface area contributed by atoms with Gasteiger partial charge in [-0.2, -0.15) is 0 Å². The summed E-state index contributed by atoms with van der Waals surface area (Å²) in [5.74, 6) is 0.295. The molecule has 1 saturated heterocycles. The zero-order valence-corrected chi connectivity index (χ0v) is 20.2. The summed E-state index contributed by atoms with van der Waals surface area (Å²) in [6, 6.07) is 5.77. The molecule has 0 aliphatic carbocycles. The number of hydrogen-bond acceptors (Lipinski definition) is 4. The molecule has 1 atom stereocenters. The molecule has 0 spiro atoms. The Labute approximate surface area is 187 Å². The number of ether oxygens (including phenoxy) is 1. The molecule has 7 heteroatoms. The first kappa shape index (κ1) is 25.0. The molecule has 1 aromatic rings. The molecule has 2 rings (SSSR count). The van der Waals surface area contributed by atoms with Gasteiger partial charge in [-0.1, -0.05) is 13.8 Å². The molecule has 1 aliphatic rings. The fraction of sp³-hybridized carbons (Fsp3) is 0.667. The third-order valence-corrected chi connectivity index (χ3v) is 5.02. The Hall–Kier alpha value is -2.28. The van der Waals surface area contributed by atoms with Crippen molar-refractivity contribution in [2.24, 2.45) is 5.92 Å². The third-order valence-electron chi connectivity index (χ3n) is 5.02. The number of rotatable bonds is 8. The lowest BCUT2D eigenvalue weighted by atomic mass is 10.1. The number of carbonyl (C=O) groups excluding carboxylic acids is 2. The molecule has 0 bridgehead atoms. The first-order chi connectivity index (χ1) is 14.4. The minimum absolute atomic E-state index is 0.000223. The fourth-order valence-corrected chi connectivity index (χ4v) is 3.67. The highest BCUT2D eigenvalue weighted by Crippen LogP contribution is 2.26. The Bertz CT molecular complexity index is 750. The molecule has 0 saturated carbocycles. The molecule has 1 heterocycles. The van der Waals surface area contributed by atoms with Crippen molar-refractivity contribution in [3.63, 3.8) is 0 Å². The number of nitrogens with one attached hydrogen (secondary N) is 2. The van der Waals surface area contributed by atoms with E-state index < -0.39 is 0 Å². The summed E-state index contributed by atoms with van der Waals surface area (Å²) >= 11 is 0. The maximum Gasteiger partial charge on any atom is 0.318 e. The predicted molar refractivity (Wildman–Crippen MR) is 127 cm³/mol. The lowest BCUT2D eigenvalue weighted by molar-refractivity contribution is -0.116. The Morgan fingerprint density at radius 1 is 1.23 bits per heavy atom. The molecule has 1 aromatic carbocycles. The Balaban J connectivity index is 2.27. The number of urea groups is 1. The summed E-state index contributed by atoms with van der Waals surface area (Å²) in [6.07, 6.45) is 2.52. The zero-order chi connectivity index (χ0) is 23.2. The largest absolute Gasteiger partial charge is 0.377 e. The normalized spacial score (nSPS) is 16.3. The van der Waals surface area contributed by atoms with Gasteiger partial charge in [0.2, 0.25) is 5.91 Å². The van der Waals surface area contributed by atoms with Gasteiger partial charge < -0.3 is 25.2 Å². The van der Waals surface area contributed by atoms with Crippen molar-refractivity contribution < 1.29 is 14.3 Å². The molecule has 3 amide bonds. The lowest BCUT2D eigenvalue weighted by Gasteiger charge is -2.31. The van der Waals surface area contributed by atoms with Crippen LogP contribution in [0.3, 0.4) is 0 Å². The van der Waals surface area contributed by atoms with E-state index in [1.807, 2.05) is 76.7 Å². The SMILES string of the molecule is CC(C)CC(=O)Nc1ccc(N(C)C)c(CN(C[C@H]2CCCO2)C(=O)NC(C)(C)C)c1. The number of anilines is 2. The van der Waals surface area contributed by atoms with Crippen molar-refractivity contribution in [1.82, 2.24) is 10.2 Å². The second-order valence-corrected chi connectivity index (χ2v) is 10.1. The first-order valence-corrected chi connectivity index (χ1v) is 11.2. The van der Waals surface area contributed by atoms with E-state index in [0.717, 1.165) is 36.4 Å². The minimum Gasteiger partial charge on any atom is -0.377 e. The summed E-state index contributed by atoms with van der Waals surface area (Å²) in [7, 11) is 3.96. The van der Waals surface area contributed by atoms with Gasteiger partial charge in [-0.25, -0.2) is 4.79 Å². The third kappa shape index (κ3) is 8.40. The van der Waals surface area contributed by atoms with Crippen molar-refractivity contribution in [3.8, 4) is 0 Å². The zero-order valence-electron chi connectivity index (χ0n) is 20.2. The molecular weight excluding hydrogens is 392 g/mol. The van der Waals surface area contributed by atoms with Gasteiger partial charge in [0.15, 0.2) is 0 Å². The quantitative estimate of drug-likeness (QED) is 0.645. The van der Waals surface area contributed by atoms with Gasteiger partial charge in [-0.05, 0) is 63.3 Å². The maximum atomic E-state index is 13.1. The van der Waals surface area contributed by atoms with Crippen LogP contribution in [0.25, 0.3) is 0 Å². The van der Waals surface area contributed by atoms with E-state index in [1.165, 1.54) is 0 Å². The van der Waals surface area contributed by atoms with Crippen molar-refractivity contribution in [2.75, 3.05) is 37.5 Å². The average Bonchev–Trinajstić information content (AvgIpc) is 3.12. The van der Waals surface area contributed by atoms with Gasteiger partial charge in [0.25, 0.3) is 0 Å². The second-order valence-electron chi connectivity index (χ2n) is 10.1. The summed E-state index contributed by atoms with van der Waals surface area (Å²) in [5.41, 5.74) is 2.42. The highest BCUT2D eigenvalue weighted by atomic mass is 16.5. The molecule has 0 aromatic heterocycles. The van der Waals surface area contributed by atoms with Crippen LogP contribution < -0.4 is 15.5 Å². The van der Waals surface area contributed by atoms with Crippen molar-refractivity contribution in [1.29, 1.82) is 0 Å². The van der Waals surface area contributed by atoms with Crippen LogP contribution in [0.5, 0.6) is 0 Å². The molecule has 7 nitrogen and oxygen atoms in total. The minimum atomic E-state index is -0.330. The van der Waals surface area contributed by atoms with Gasteiger partial charge in [0.1, 0.15) is 0 Å². The molecule has 1 aliphatic heterocycles. The van der Waals surface area contributed by atoms with Crippen LogP contribution in [0.15, 0.2) is 18.2 Å². The van der Waals surface area contributed by atoms with E-state index in [2.05, 4.69) is 10.6 Å². The standard InChI is InChI=1S/C24H40N4O3/c1-17(2)13-22(29)25-19-10-11-21(27(6)7)18(14-19)15-28(16-20-9-8-12-31-20)23(30)26-24(3,4)5/h10-11,14,17,20H,8-9,12-13,15-16H2,1-7H3,(H,25,29)(H,26,30)/t20-/m1/s1. The number of hydrogen-bond donors (Lipinski definition) is 2. The molecule has 31 heavy (non-hydrogen) atoms. The predicted octanol–water partition coefficient (Wildman–Crippen LogP) is 4.23.